The van der Waals surface area contributed by atoms with Gasteiger partial charge in [-0.1, -0.05) is 0 Å². The average Bonchev–Trinajstić information content (AvgIpc) is 2.68. The van der Waals surface area contributed by atoms with Crippen LogP contribution >= 0.6 is 0 Å². The van der Waals surface area contributed by atoms with Gasteiger partial charge in [0.25, 0.3) is 0 Å². The zero-order valence-corrected chi connectivity index (χ0v) is 9.46. The maximum absolute atomic E-state index is 9.45. The van der Waals surface area contributed by atoms with E-state index >= 15 is 0 Å². The number of β-amino-alcohol motifs (C(OH)–C–C–N with tert-alkyl or cyclic N) is 1. The first kappa shape index (κ1) is 10.9. The van der Waals surface area contributed by atoms with Crippen molar-refractivity contribution in [1.82, 2.24) is 9.97 Å². The molecular formula is C10H15N5O. The molecule has 0 aliphatic carbocycles. The van der Waals surface area contributed by atoms with E-state index < -0.39 is 0 Å². The molecule has 6 heteroatoms. The fraction of sp³-hybridized carbons (Fsp3) is 0.600. The van der Waals surface area contributed by atoms with Gasteiger partial charge in [-0.2, -0.15) is 5.11 Å². The molecule has 1 saturated heterocycles. The predicted octanol–water partition coefficient (Wildman–Crippen LogP) is 1.07. The highest BCUT2D eigenvalue weighted by molar-refractivity contribution is 5.43. The molecule has 0 aromatic carbocycles. The van der Waals surface area contributed by atoms with Gasteiger partial charge in [0.15, 0.2) is 5.82 Å². The molecule has 1 aromatic rings. The lowest BCUT2D eigenvalue weighted by molar-refractivity contribution is 0.198. The number of aliphatic hydroxyl groups excluding tert-OH is 1. The summed E-state index contributed by atoms with van der Waals surface area (Å²) in [7, 11) is 1.60. The number of azo groups is 1. The summed E-state index contributed by atoms with van der Waals surface area (Å²) in [5, 5.41) is 17.0. The minimum Gasteiger partial charge on any atom is -0.391 e. The van der Waals surface area contributed by atoms with Crippen molar-refractivity contribution in [2.75, 3.05) is 25.0 Å². The monoisotopic (exact) mass is 221 g/mol. The van der Waals surface area contributed by atoms with Gasteiger partial charge in [-0.3, -0.25) is 0 Å². The molecule has 1 aliphatic rings. The smallest absolute Gasteiger partial charge is 0.195 e. The highest BCUT2D eigenvalue weighted by Gasteiger charge is 2.21. The van der Waals surface area contributed by atoms with E-state index in [4.69, 9.17) is 0 Å². The summed E-state index contributed by atoms with van der Waals surface area (Å²) in [5.74, 6) is 1.34. The highest BCUT2D eigenvalue weighted by Crippen LogP contribution is 2.21. The Labute approximate surface area is 94.1 Å². The van der Waals surface area contributed by atoms with E-state index in [1.54, 1.807) is 13.2 Å². The van der Waals surface area contributed by atoms with Gasteiger partial charge in [-0.25, -0.2) is 9.97 Å². The fourth-order valence-corrected chi connectivity index (χ4v) is 1.76. The Bertz CT molecular complexity index is 406. The lowest BCUT2D eigenvalue weighted by atomic mass is 10.3. The van der Waals surface area contributed by atoms with E-state index in [1.165, 1.54) is 0 Å². The van der Waals surface area contributed by atoms with E-state index in [-0.39, 0.29) is 6.10 Å². The summed E-state index contributed by atoms with van der Waals surface area (Å²) in [6.45, 7) is 3.31. The number of hydrogen-bond donors (Lipinski definition) is 1. The largest absolute Gasteiger partial charge is 0.391 e. The number of nitrogens with zero attached hydrogens (tertiary/aromatic N) is 5. The topological polar surface area (TPSA) is 74.0 Å². The number of aliphatic hydroxyl groups is 1. The van der Waals surface area contributed by atoms with Crippen molar-refractivity contribution in [3.63, 3.8) is 0 Å². The van der Waals surface area contributed by atoms with Gasteiger partial charge in [-0.15, -0.1) is 5.11 Å². The van der Waals surface area contributed by atoms with Gasteiger partial charge >= 0.3 is 0 Å². The van der Waals surface area contributed by atoms with Crippen molar-refractivity contribution in [2.24, 2.45) is 10.2 Å². The van der Waals surface area contributed by atoms with Crippen molar-refractivity contribution < 1.29 is 5.11 Å². The Hall–Kier alpha value is -1.56. The first-order valence-corrected chi connectivity index (χ1v) is 5.27. The molecule has 2 rings (SSSR count). The van der Waals surface area contributed by atoms with Crippen LogP contribution < -0.4 is 4.90 Å². The van der Waals surface area contributed by atoms with Gasteiger partial charge in [0.1, 0.15) is 5.82 Å². The standard InChI is InChI=1S/C10H15N5O/c1-7-10(14-11-2)12-5-9(13-7)15-4-3-8(16)6-15/h5,8,16H,3-4,6H2,1-2H3. The molecule has 0 saturated carbocycles. The first-order chi connectivity index (χ1) is 7.70. The summed E-state index contributed by atoms with van der Waals surface area (Å²) in [5.41, 5.74) is 0.754. The van der Waals surface area contributed by atoms with Crippen LogP contribution in [0.15, 0.2) is 16.4 Å². The molecule has 1 atom stereocenters. The molecule has 0 amide bonds. The Balaban J connectivity index is 2.21. The number of hydrogen-bond acceptors (Lipinski definition) is 6. The Morgan fingerprint density at radius 1 is 1.56 bits per heavy atom. The minimum absolute atomic E-state index is 0.253. The number of aryl methyl sites for hydroxylation is 1. The molecular weight excluding hydrogens is 206 g/mol. The van der Waals surface area contributed by atoms with Gasteiger partial charge < -0.3 is 10.0 Å². The van der Waals surface area contributed by atoms with Crippen LogP contribution in [0.4, 0.5) is 11.6 Å². The third-order valence-electron chi connectivity index (χ3n) is 2.59. The molecule has 1 N–H and O–H groups in total. The molecule has 1 fully saturated rings. The molecule has 0 spiro atoms. The van der Waals surface area contributed by atoms with Crippen LogP contribution in [0.25, 0.3) is 0 Å². The Morgan fingerprint density at radius 3 is 2.94 bits per heavy atom. The van der Waals surface area contributed by atoms with E-state index in [0.717, 1.165) is 24.5 Å². The zero-order valence-electron chi connectivity index (χ0n) is 9.46. The predicted molar refractivity (Wildman–Crippen MR) is 60.0 cm³/mol. The molecule has 0 bridgehead atoms. The quantitative estimate of drug-likeness (QED) is 0.758. The second-order valence-corrected chi connectivity index (χ2v) is 3.83. The van der Waals surface area contributed by atoms with E-state index in [1.807, 2.05) is 11.8 Å². The number of anilines is 1. The van der Waals surface area contributed by atoms with Gasteiger partial charge in [-0.05, 0) is 13.3 Å². The van der Waals surface area contributed by atoms with Crippen LogP contribution in [0.2, 0.25) is 0 Å². The lowest BCUT2D eigenvalue weighted by Crippen LogP contribution is -2.22. The lowest BCUT2D eigenvalue weighted by Gasteiger charge is -2.16. The molecule has 86 valence electrons. The first-order valence-electron chi connectivity index (χ1n) is 5.27. The second kappa shape index (κ2) is 4.52. The molecule has 16 heavy (non-hydrogen) atoms. The maximum Gasteiger partial charge on any atom is 0.195 e. The SMILES string of the molecule is CN=Nc1ncc(N2CCC(O)C2)nc1C. The second-order valence-electron chi connectivity index (χ2n) is 3.83. The number of rotatable bonds is 2. The molecule has 1 unspecified atom stereocenters. The zero-order chi connectivity index (χ0) is 11.5. The van der Waals surface area contributed by atoms with Crippen molar-refractivity contribution in [2.45, 2.75) is 19.4 Å². The van der Waals surface area contributed by atoms with Crippen LogP contribution in [-0.4, -0.2) is 41.3 Å². The van der Waals surface area contributed by atoms with Crippen molar-refractivity contribution in [3.8, 4) is 0 Å². The third-order valence-corrected chi connectivity index (χ3v) is 2.59. The van der Waals surface area contributed by atoms with Crippen LogP contribution in [0.1, 0.15) is 12.1 Å². The summed E-state index contributed by atoms with van der Waals surface area (Å²) in [4.78, 5) is 10.6. The molecule has 2 heterocycles. The molecule has 1 aliphatic heterocycles. The molecule has 1 aromatic heterocycles. The summed E-state index contributed by atoms with van der Waals surface area (Å²) >= 11 is 0. The van der Waals surface area contributed by atoms with Crippen LogP contribution in [-0.2, 0) is 0 Å². The van der Waals surface area contributed by atoms with E-state index in [9.17, 15) is 5.11 Å². The van der Waals surface area contributed by atoms with E-state index in [0.29, 0.717) is 12.4 Å². The Kier molecular flexibility index (Phi) is 3.09. The van der Waals surface area contributed by atoms with Crippen LogP contribution in [0.5, 0.6) is 0 Å². The third kappa shape index (κ3) is 2.16. The number of aromatic nitrogens is 2. The van der Waals surface area contributed by atoms with Gasteiger partial charge in [0.2, 0.25) is 0 Å². The maximum atomic E-state index is 9.45. The highest BCUT2D eigenvalue weighted by atomic mass is 16.3. The summed E-state index contributed by atoms with van der Waals surface area (Å²) in [6, 6.07) is 0. The van der Waals surface area contributed by atoms with E-state index in [2.05, 4.69) is 20.2 Å². The minimum atomic E-state index is -0.253. The van der Waals surface area contributed by atoms with Crippen molar-refractivity contribution in [3.05, 3.63) is 11.9 Å². The molecule has 0 radical (unpaired) electrons. The average molecular weight is 221 g/mol. The van der Waals surface area contributed by atoms with Gasteiger partial charge in [0.05, 0.1) is 18.0 Å². The van der Waals surface area contributed by atoms with Crippen molar-refractivity contribution >= 4 is 11.6 Å². The summed E-state index contributed by atoms with van der Waals surface area (Å²) in [6.07, 6.45) is 2.21. The van der Waals surface area contributed by atoms with Gasteiger partial charge in [0, 0.05) is 20.1 Å². The fourth-order valence-electron chi connectivity index (χ4n) is 1.76. The summed E-state index contributed by atoms with van der Waals surface area (Å²) < 4.78 is 0. The van der Waals surface area contributed by atoms with Crippen LogP contribution in [0, 0.1) is 6.92 Å². The normalized spacial score (nSPS) is 20.9. The van der Waals surface area contributed by atoms with Crippen molar-refractivity contribution in [1.29, 1.82) is 0 Å². The Morgan fingerprint density at radius 2 is 2.38 bits per heavy atom. The van der Waals surface area contributed by atoms with Crippen LogP contribution in [0.3, 0.4) is 0 Å². The molecule has 6 nitrogen and oxygen atoms in total.